The van der Waals surface area contributed by atoms with Crippen molar-refractivity contribution in [3.63, 3.8) is 0 Å². The first-order valence-electron chi connectivity index (χ1n) is 7.66. The molecule has 0 bridgehead atoms. The summed E-state index contributed by atoms with van der Waals surface area (Å²) in [6.07, 6.45) is 0. The molecule has 4 nitrogen and oxygen atoms in total. The Hall–Kier alpha value is -2.87. The Morgan fingerprint density at radius 1 is 1.08 bits per heavy atom. The van der Waals surface area contributed by atoms with E-state index < -0.39 is 29.4 Å². The summed E-state index contributed by atoms with van der Waals surface area (Å²) in [5, 5.41) is 8.25. The molecule has 3 N–H and O–H groups in total. The zero-order chi connectivity index (χ0) is 18.8. The van der Waals surface area contributed by atoms with Crippen LogP contribution in [0.5, 0.6) is 0 Å². The molecule has 2 aromatic rings. The second-order valence-corrected chi connectivity index (χ2v) is 6.07. The summed E-state index contributed by atoms with van der Waals surface area (Å²) in [5.41, 5.74) is 0.477. The van der Waals surface area contributed by atoms with Crippen LogP contribution < -0.4 is 16.0 Å². The number of anilines is 1. The molecule has 1 atom stereocenters. The SMILES string of the molecule is CC1=C(C(=O)Nc2ccc(F)cc2)[C@H](c2c(F)cccc2F)NC(=S)N1. The summed E-state index contributed by atoms with van der Waals surface area (Å²) < 4.78 is 41.5. The number of allylic oxidation sites excluding steroid dienone is 1. The molecule has 2 aromatic carbocycles. The lowest BCUT2D eigenvalue weighted by Crippen LogP contribution is -2.46. The largest absolute Gasteiger partial charge is 0.351 e. The molecule has 1 aliphatic heterocycles. The lowest BCUT2D eigenvalue weighted by molar-refractivity contribution is -0.113. The Bertz CT molecular complexity index is 892. The molecule has 0 spiro atoms. The molecule has 0 saturated heterocycles. The Kier molecular flexibility index (Phi) is 4.94. The quantitative estimate of drug-likeness (QED) is 0.717. The number of carbonyl (C=O) groups is 1. The maximum Gasteiger partial charge on any atom is 0.255 e. The molecule has 26 heavy (non-hydrogen) atoms. The first kappa shape index (κ1) is 17.9. The zero-order valence-corrected chi connectivity index (χ0v) is 14.4. The highest BCUT2D eigenvalue weighted by Gasteiger charge is 2.33. The molecule has 3 rings (SSSR count). The monoisotopic (exact) mass is 377 g/mol. The zero-order valence-electron chi connectivity index (χ0n) is 13.6. The first-order chi connectivity index (χ1) is 12.4. The van der Waals surface area contributed by atoms with Gasteiger partial charge in [0.1, 0.15) is 17.5 Å². The highest BCUT2D eigenvalue weighted by molar-refractivity contribution is 7.80. The highest BCUT2D eigenvalue weighted by atomic mass is 32.1. The minimum atomic E-state index is -1.11. The van der Waals surface area contributed by atoms with Gasteiger partial charge in [-0.2, -0.15) is 0 Å². The minimum absolute atomic E-state index is 0.0759. The molecule has 0 unspecified atom stereocenters. The van der Waals surface area contributed by atoms with Crippen molar-refractivity contribution in [2.45, 2.75) is 13.0 Å². The summed E-state index contributed by atoms with van der Waals surface area (Å²) in [7, 11) is 0. The van der Waals surface area contributed by atoms with Gasteiger partial charge in [0, 0.05) is 11.4 Å². The average molecular weight is 377 g/mol. The van der Waals surface area contributed by atoms with Crippen LogP contribution >= 0.6 is 12.2 Å². The third kappa shape index (κ3) is 3.55. The third-order valence-electron chi connectivity index (χ3n) is 3.90. The standard InChI is InChI=1S/C18H14F3N3OS/c1-9-14(17(25)23-11-7-5-10(19)6-8-11)16(24-18(26)22-9)15-12(20)3-2-4-13(15)21/h2-8,16H,1H3,(H,23,25)(H2,22,24,26)/t16-/m1/s1. The summed E-state index contributed by atoms with van der Waals surface area (Å²) in [4.78, 5) is 12.7. The van der Waals surface area contributed by atoms with E-state index in [9.17, 15) is 18.0 Å². The van der Waals surface area contributed by atoms with Crippen molar-refractivity contribution in [3.05, 3.63) is 76.7 Å². The van der Waals surface area contributed by atoms with E-state index in [1.54, 1.807) is 6.92 Å². The van der Waals surface area contributed by atoms with Crippen LogP contribution in [-0.2, 0) is 4.79 Å². The van der Waals surface area contributed by atoms with E-state index in [2.05, 4.69) is 16.0 Å². The van der Waals surface area contributed by atoms with E-state index in [0.717, 1.165) is 12.1 Å². The molecule has 0 aromatic heterocycles. The number of carbonyl (C=O) groups excluding carboxylic acids is 1. The number of benzene rings is 2. The van der Waals surface area contributed by atoms with Crippen molar-refractivity contribution in [3.8, 4) is 0 Å². The normalized spacial score (nSPS) is 16.8. The van der Waals surface area contributed by atoms with Gasteiger partial charge in [0.15, 0.2) is 5.11 Å². The molecular weight excluding hydrogens is 363 g/mol. The summed E-state index contributed by atoms with van der Waals surface area (Å²) in [6.45, 7) is 1.58. The van der Waals surface area contributed by atoms with Crippen LogP contribution in [0.3, 0.4) is 0 Å². The molecule has 0 aliphatic carbocycles. The van der Waals surface area contributed by atoms with Crippen molar-refractivity contribution < 1.29 is 18.0 Å². The Labute approximate surface area is 153 Å². The molecule has 8 heteroatoms. The van der Waals surface area contributed by atoms with Crippen molar-refractivity contribution in [2.24, 2.45) is 0 Å². The van der Waals surface area contributed by atoms with Crippen LogP contribution in [0, 0.1) is 17.5 Å². The van der Waals surface area contributed by atoms with Gasteiger partial charge in [-0.1, -0.05) is 6.07 Å². The molecule has 0 saturated carbocycles. The third-order valence-corrected chi connectivity index (χ3v) is 4.12. The lowest BCUT2D eigenvalue weighted by Gasteiger charge is -2.30. The van der Waals surface area contributed by atoms with Gasteiger partial charge in [-0.3, -0.25) is 4.79 Å². The Morgan fingerprint density at radius 2 is 1.69 bits per heavy atom. The van der Waals surface area contributed by atoms with Gasteiger partial charge in [-0.05, 0) is 55.5 Å². The highest BCUT2D eigenvalue weighted by Crippen LogP contribution is 2.31. The molecule has 0 radical (unpaired) electrons. The molecule has 0 fully saturated rings. The number of hydrogen-bond acceptors (Lipinski definition) is 2. The van der Waals surface area contributed by atoms with Crippen LogP contribution in [0.2, 0.25) is 0 Å². The number of thiocarbonyl (C=S) groups is 1. The number of amides is 1. The number of halogens is 3. The van der Waals surface area contributed by atoms with Gasteiger partial charge in [0.25, 0.3) is 5.91 Å². The fourth-order valence-corrected chi connectivity index (χ4v) is 3.00. The van der Waals surface area contributed by atoms with E-state index >= 15 is 0 Å². The van der Waals surface area contributed by atoms with E-state index in [0.29, 0.717) is 11.4 Å². The van der Waals surface area contributed by atoms with E-state index in [1.807, 2.05) is 0 Å². The van der Waals surface area contributed by atoms with Gasteiger partial charge >= 0.3 is 0 Å². The minimum Gasteiger partial charge on any atom is -0.351 e. The van der Waals surface area contributed by atoms with Gasteiger partial charge in [0.2, 0.25) is 0 Å². The number of rotatable bonds is 3. The predicted octanol–water partition coefficient (Wildman–Crippen LogP) is 3.54. The number of nitrogens with one attached hydrogen (secondary N) is 3. The van der Waals surface area contributed by atoms with Crippen LogP contribution in [0.4, 0.5) is 18.9 Å². The van der Waals surface area contributed by atoms with E-state index in [-0.39, 0.29) is 16.2 Å². The number of hydrogen-bond donors (Lipinski definition) is 3. The summed E-state index contributed by atoms with van der Waals surface area (Å²) in [5.74, 6) is -2.64. The van der Waals surface area contributed by atoms with E-state index in [4.69, 9.17) is 12.2 Å². The molecule has 1 heterocycles. The molecule has 1 aliphatic rings. The van der Waals surface area contributed by atoms with Crippen LogP contribution in [0.15, 0.2) is 53.7 Å². The molecular formula is C18H14F3N3OS. The fraction of sp³-hybridized carbons (Fsp3) is 0.111. The first-order valence-corrected chi connectivity index (χ1v) is 8.06. The maximum atomic E-state index is 14.3. The van der Waals surface area contributed by atoms with Crippen LogP contribution in [0.25, 0.3) is 0 Å². The predicted molar refractivity (Wildman–Crippen MR) is 95.7 cm³/mol. The fourth-order valence-electron chi connectivity index (χ4n) is 2.73. The Balaban J connectivity index is 2.00. The van der Waals surface area contributed by atoms with Gasteiger partial charge < -0.3 is 16.0 Å². The van der Waals surface area contributed by atoms with Gasteiger partial charge in [0.05, 0.1) is 17.2 Å². The van der Waals surface area contributed by atoms with E-state index in [1.165, 1.54) is 30.3 Å². The van der Waals surface area contributed by atoms with Crippen LogP contribution in [-0.4, -0.2) is 11.0 Å². The van der Waals surface area contributed by atoms with Crippen molar-refractivity contribution in [2.75, 3.05) is 5.32 Å². The van der Waals surface area contributed by atoms with Gasteiger partial charge in [-0.15, -0.1) is 0 Å². The summed E-state index contributed by atoms with van der Waals surface area (Å²) >= 11 is 5.06. The molecule has 1 amide bonds. The Morgan fingerprint density at radius 3 is 2.31 bits per heavy atom. The smallest absolute Gasteiger partial charge is 0.255 e. The second-order valence-electron chi connectivity index (χ2n) is 5.67. The summed E-state index contributed by atoms with van der Waals surface area (Å²) in [6, 6.07) is 7.50. The second kappa shape index (κ2) is 7.17. The topological polar surface area (TPSA) is 53.2 Å². The maximum absolute atomic E-state index is 14.3. The average Bonchev–Trinajstić information content (AvgIpc) is 2.56. The van der Waals surface area contributed by atoms with Crippen molar-refractivity contribution >= 4 is 28.9 Å². The van der Waals surface area contributed by atoms with Crippen molar-refractivity contribution in [1.29, 1.82) is 0 Å². The molecule has 134 valence electrons. The van der Waals surface area contributed by atoms with Crippen LogP contribution in [0.1, 0.15) is 18.5 Å². The van der Waals surface area contributed by atoms with Gasteiger partial charge in [-0.25, -0.2) is 13.2 Å². The lowest BCUT2D eigenvalue weighted by atomic mass is 9.94. The van der Waals surface area contributed by atoms with Crippen molar-refractivity contribution in [1.82, 2.24) is 10.6 Å².